The predicted molar refractivity (Wildman–Crippen MR) is 92.1 cm³/mol. The van der Waals surface area contributed by atoms with Gasteiger partial charge in [-0.1, -0.05) is 0 Å². The van der Waals surface area contributed by atoms with Crippen molar-refractivity contribution in [1.29, 1.82) is 0 Å². The van der Waals surface area contributed by atoms with Gasteiger partial charge in [-0.25, -0.2) is 4.98 Å². The molecule has 0 saturated heterocycles. The molecule has 0 aliphatic heterocycles. The molecule has 2 aromatic heterocycles. The molecule has 1 amide bonds. The average molecular weight is 345 g/mol. The summed E-state index contributed by atoms with van der Waals surface area (Å²) >= 11 is 1.39. The second-order valence-corrected chi connectivity index (χ2v) is 5.83. The number of benzene rings is 1. The molecule has 2 heterocycles. The van der Waals surface area contributed by atoms with Gasteiger partial charge in [0.25, 0.3) is 5.56 Å². The summed E-state index contributed by atoms with van der Waals surface area (Å²) < 4.78 is 11.6. The molecule has 0 fully saturated rings. The molecule has 0 bridgehead atoms. The van der Waals surface area contributed by atoms with E-state index in [-0.39, 0.29) is 18.0 Å². The van der Waals surface area contributed by atoms with Crippen LogP contribution in [-0.2, 0) is 11.3 Å². The van der Waals surface area contributed by atoms with E-state index in [4.69, 9.17) is 9.47 Å². The molecule has 0 atom stereocenters. The fraction of sp³-hybridized carbons (Fsp3) is 0.188. The molecule has 0 aliphatic rings. The Morgan fingerprint density at radius 1 is 1.25 bits per heavy atom. The number of methoxy groups -OCH3 is 2. The highest BCUT2D eigenvalue weighted by molar-refractivity contribution is 7.16. The van der Waals surface area contributed by atoms with Gasteiger partial charge in [0.1, 0.15) is 11.4 Å². The Morgan fingerprint density at radius 3 is 2.79 bits per heavy atom. The molecule has 3 rings (SSSR count). The monoisotopic (exact) mass is 345 g/mol. The van der Waals surface area contributed by atoms with E-state index >= 15 is 0 Å². The molecule has 7 nitrogen and oxygen atoms in total. The standard InChI is InChI=1S/C16H15N3O4S/c1-22-12-4-3-10(7-13(12)23-2)18-14(20)8-19-9-17-15-11(16(19)21)5-6-24-15/h3-7,9H,8H2,1-2H3,(H,18,20). The summed E-state index contributed by atoms with van der Waals surface area (Å²) in [5.41, 5.74) is 0.319. The van der Waals surface area contributed by atoms with Crippen LogP contribution in [0, 0.1) is 0 Å². The van der Waals surface area contributed by atoms with Gasteiger partial charge in [0.05, 0.1) is 25.9 Å². The molecule has 3 aromatic rings. The first-order valence-corrected chi connectivity index (χ1v) is 7.95. The maximum Gasteiger partial charge on any atom is 0.262 e. The van der Waals surface area contributed by atoms with E-state index in [1.807, 2.05) is 0 Å². The van der Waals surface area contributed by atoms with Crippen LogP contribution in [0.4, 0.5) is 5.69 Å². The zero-order chi connectivity index (χ0) is 17.1. The van der Waals surface area contributed by atoms with E-state index in [0.717, 1.165) is 0 Å². The third-order valence-corrected chi connectivity index (χ3v) is 4.25. The van der Waals surface area contributed by atoms with E-state index in [1.165, 1.54) is 36.5 Å². The number of amides is 1. The van der Waals surface area contributed by atoms with Crippen LogP contribution in [0.25, 0.3) is 10.2 Å². The SMILES string of the molecule is COc1ccc(NC(=O)Cn2cnc3sccc3c2=O)cc1OC. The second-order valence-electron chi connectivity index (χ2n) is 4.93. The number of rotatable bonds is 5. The van der Waals surface area contributed by atoms with Gasteiger partial charge >= 0.3 is 0 Å². The Hall–Kier alpha value is -2.87. The third-order valence-electron chi connectivity index (χ3n) is 3.43. The van der Waals surface area contributed by atoms with Gasteiger partial charge in [-0.05, 0) is 23.6 Å². The van der Waals surface area contributed by atoms with Gasteiger partial charge in [-0.2, -0.15) is 0 Å². The van der Waals surface area contributed by atoms with Crippen LogP contribution in [0.15, 0.2) is 40.8 Å². The summed E-state index contributed by atoms with van der Waals surface area (Å²) in [5.74, 6) is 0.744. The van der Waals surface area contributed by atoms with Gasteiger partial charge in [0, 0.05) is 11.8 Å². The average Bonchev–Trinajstić information content (AvgIpc) is 3.06. The Labute approximate surface area is 141 Å². The van der Waals surface area contributed by atoms with Crippen LogP contribution in [-0.4, -0.2) is 29.7 Å². The molecule has 1 N–H and O–H groups in total. The quantitative estimate of drug-likeness (QED) is 0.766. The summed E-state index contributed by atoms with van der Waals surface area (Å²) in [6.07, 6.45) is 1.38. The molecule has 24 heavy (non-hydrogen) atoms. The Balaban J connectivity index is 1.77. The van der Waals surface area contributed by atoms with E-state index < -0.39 is 0 Å². The topological polar surface area (TPSA) is 82.5 Å². The Morgan fingerprint density at radius 2 is 2.04 bits per heavy atom. The number of nitrogens with zero attached hydrogens (tertiary/aromatic N) is 2. The molecule has 0 unspecified atom stereocenters. The molecule has 1 aromatic carbocycles. The van der Waals surface area contributed by atoms with Crippen molar-refractivity contribution in [1.82, 2.24) is 9.55 Å². The van der Waals surface area contributed by atoms with Gasteiger partial charge < -0.3 is 14.8 Å². The number of carbonyl (C=O) groups excluding carboxylic acids is 1. The van der Waals surface area contributed by atoms with Crippen LogP contribution >= 0.6 is 11.3 Å². The van der Waals surface area contributed by atoms with Crippen molar-refractivity contribution in [3.63, 3.8) is 0 Å². The van der Waals surface area contributed by atoms with E-state index in [2.05, 4.69) is 10.3 Å². The van der Waals surface area contributed by atoms with E-state index in [0.29, 0.717) is 27.4 Å². The van der Waals surface area contributed by atoms with Crippen LogP contribution < -0.4 is 20.3 Å². The number of anilines is 1. The van der Waals surface area contributed by atoms with Gasteiger partial charge in [-0.15, -0.1) is 11.3 Å². The third kappa shape index (κ3) is 3.09. The summed E-state index contributed by atoms with van der Waals surface area (Å²) in [4.78, 5) is 29.3. The smallest absolute Gasteiger partial charge is 0.262 e. The number of hydrogen-bond acceptors (Lipinski definition) is 6. The highest BCUT2D eigenvalue weighted by Crippen LogP contribution is 2.29. The minimum atomic E-state index is -0.333. The summed E-state index contributed by atoms with van der Waals surface area (Å²) in [7, 11) is 3.06. The number of ether oxygens (including phenoxy) is 2. The number of nitrogens with one attached hydrogen (secondary N) is 1. The number of fused-ring (bicyclic) bond motifs is 1. The molecule has 8 heteroatoms. The first-order valence-electron chi connectivity index (χ1n) is 7.07. The van der Waals surface area contributed by atoms with Gasteiger partial charge in [-0.3, -0.25) is 14.2 Å². The van der Waals surface area contributed by atoms with Gasteiger partial charge in [0.2, 0.25) is 5.91 Å². The first-order chi connectivity index (χ1) is 11.6. The van der Waals surface area contributed by atoms with Crippen molar-refractivity contribution in [2.45, 2.75) is 6.54 Å². The zero-order valence-electron chi connectivity index (χ0n) is 13.1. The molecular weight excluding hydrogens is 330 g/mol. The summed E-state index contributed by atoms with van der Waals surface area (Å²) in [6.45, 7) is -0.119. The highest BCUT2D eigenvalue weighted by atomic mass is 32.1. The molecule has 0 aliphatic carbocycles. The molecule has 0 spiro atoms. The maximum atomic E-state index is 12.3. The number of thiophene rings is 1. The van der Waals surface area contributed by atoms with Gasteiger partial charge in [0.15, 0.2) is 11.5 Å². The largest absolute Gasteiger partial charge is 0.493 e. The van der Waals surface area contributed by atoms with E-state index in [1.54, 1.807) is 29.6 Å². The number of carbonyl (C=O) groups is 1. The fourth-order valence-corrected chi connectivity index (χ4v) is 3.00. The lowest BCUT2D eigenvalue weighted by Gasteiger charge is -2.11. The number of hydrogen-bond donors (Lipinski definition) is 1. The first kappa shape index (κ1) is 16.0. The van der Waals surface area contributed by atoms with Crippen molar-refractivity contribution in [3.8, 4) is 11.5 Å². The van der Waals surface area contributed by atoms with Crippen molar-refractivity contribution >= 4 is 33.1 Å². The van der Waals surface area contributed by atoms with Crippen molar-refractivity contribution in [3.05, 3.63) is 46.3 Å². The lowest BCUT2D eigenvalue weighted by Crippen LogP contribution is -2.27. The van der Waals surface area contributed by atoms with Crippen LogP contribution in [0.1, 0.15) is 0 Å². The Kier molecular flexibility index (Phi) is 4.48. The van der Waals surface area contributed by atoms with Crippen molar-refractivity contribution in [2.75, 3.05) is 19.5 Å². The Bertz CT molecular complexity index is 948. The van der Waals surface area contributed by atoms with Crippen LogP contribution in [0.5, 0.6) is 11.5 Å². The highest BCUT2D eigenvalue weighted by Gasteiger charge is 2.11. The lowest BCUT2D eigenvalue weighted by atomic mass is 10.2. The molecule has 0 saturated carbocycles. The number of aromatic nitrogens is 2. The summed E-state index contributed by atoms with van der Waals surface area (Å²) in [5, 5.41) is 5.04. The summed E-state index contributed by atoms with van der Waals surface area (Å²) in [6, 6.07) is 6.75. The predicted octanol–water partition coefficient (Wildman–Crippen LogP) is 2.11. The lowest BCUT2D eigenvalue weighted by molar-refractivity contribution is -0.116. The normalized spacial score (nSPS) is 10.6. The minimum absolute atomic E-state index is 0.119. The molecular formula is C16H15N3O4S. The van der Waals surface area contributed by atoms with Crippen molar-refractivity contribution < 1.29 is 14.3 Å². The maximum absolute atomic E-state index is 12.3. The van der Waals surface area contributed by atoms with E-state index in [9.17, 15) is 9.59 Å². The van der Waals surface area contributed by atoms with Crippen molar-refractivity contribution in [2.24, 2.45) is 0 Å². The minimum Gasteiger partial charge on any atom is -0.493 e. The zero-order valence-corrected chi connectivity index (χ0v) is 13.9. The van der Waals surface area contributed by atoms with Crippen LogP contribution in [0.2, 0.25) is 0 Å². The molecule has 124 valence electrons. The fourth-order valence-electron chi connectivity index (χ4n) is 2.28. The second kappa shape index (κ2) is 6.71. The molecule has 0 radical (unpaired) electrons. The van der Waals surface area contributed by atoms with Crippen LogP contribution in [0.3, 0.4) is 0 Å².